The van der Waals surface area contributed by atoms with Crippen molar-refractivity contribution in [1.29, 1.82) is 0 Å². The number of imidazole rings is 1. The molecule has 0 amide bonds. The van der Waals surface area contributed by atoms with Gasteiger partial charge in [-0.3, -0.25) is 4.98 Å². The third-order valence-electron chi connectivity index (χ3n) is 14.7. The molecule has 1 saturated carbocycles. The second-order valence-corrected chi connectivity index (χ2v) is 20.8. The average molecular weight is 1130 g/mol. The van der Waals surface area contributed by atoms with Crippen molar-refractivity contribution in [3.8, 4) is 61.7 Å². The van der Waals surface area contributed by atoms with Crippen LogP contribution in [0, 0.1) is 17.5 Å². The van der Waals surface area contributed by atoms with E-state index in [-0.39, 0.29) is 31.9 Å². The van der Waals surface area contributed by atoms with Gasteiger partial charge in [-0.05, 0) is 141 Å². The monoisotopic (exact) mass is 1130 g/mol. The van der Waals surface area contributed by atoms with Crippen LogP contribution in [0.1, 0.15) is 103 Å². The zero-order valence-corrected chi connectivity index (χ0v) is 44.9. The fraction of sp³-hybridized carbons (Fsp3) is 0.206. The summed E-state index contributed by atoms with van der Waals surface area (Å²) in [5, 5.41) is 2.13. The van der Waals surface area contributed by atoms with E-state index in [1.165, 1.54) is 39.1 Å². The van der Waals surface area contributed by atoms with E-state index in [0.717, 1.165) is 98.0 Å². The van der Waals surface area contributed by atoms with Gasteiger partial charge in [0.2, 0.25) is 0 Å². The topological polar surface area (TPSA) is 43.9 Å². The Bertz CT molecular complexity index is 3630. The van der Waals surface area contributed by atoms with Crippen molar-refractivity contribution < 1.29 is 25.9 Å². The molecule has 0 bridgehead atoms. The largest absolute Gasteiger partial charge is 0.501 e. The van der Waals surface area contributed by atoms with Crippen molar-refractivity contribution in [1.82, 2.24) is 14.5 Å². The fourth-order valence-electron chi connectivity index (χ4n) is 10.5. The molecule has 8 aromatic carbocycles. The number of aromatic nitrogens is 3. The summed E-state index contributed by atoms with van der Waals surface area (Å²) < 4.78 is 18.4. The van der Waals surface area contributed by atoms with Crippen molar-refractivity contribution in [2.24, 2.45) is 5.41 Å². The van der Waals surface area contributed by atoms with E-state index in [1.54, 1.807) is 6.20 Å². The van der Waals surface area contributed by atoms with Crippen molar-refractivity contribution in [3.05, 3.63) is 223 Å². The molecule has 1 aliphatic rings. The Hall–Kier alpha value is -7.17. The number of hydrogen-bond donors (Lipinski definition) is 0. The molecule has 1 aliphatic carbocycles. The molecule has 0 atom stereocenters. The Kier molecular flexibility index (Phi) is 13.9. The van der Waals surface area contributed by atoms with Gasteiger partial charge >= 0.3 is 0 Å². The van der Waals surface area contributed by atoms with Gasteiger partial charge in [0.25, 0.3) is 0 Å². The summed E-state index contributed by atoms with van der Waals surface area (Å²) in [7, 11) is 0. The smallest absolute Gasteiger partial charge is 0.121 e. The van der Waals surface area contributed by atoms with Crippen molar-refractivity contribution >= 4 is 33.0 Å². The molecule has 0 saturated heterocycles. The molecule has 3 heterocycles. The van der Waals surface area contributed by atoms with Gasteiger partial charge in [-0.1, -0.05) is 168 Å². The second kappa shape index (κ2) is 21.1. The Balaban J connectivity index is 0.000000422. The molecular weight excluding hydrogens is 1070 g/mol. The van der Waals surface area contributed by atoms with E-state index in [0.29, 0.717) is 5.41 Å². The summed E-state index contributed by atoms with van der Waals surface area (Å²) in [4.78, 5) is 9.59. The maximum atomic E-state index is 9.26. The predicted molar refractivity (Wildman–Crippen MR) is 301 cm³/mol. The summed E-state index contributed by atoms with van der Waals surface area (Å²) in [6.07, 6.45) is 5.84. The van der Waals surface area contributed by atoms with Crippen molar-refractivity contribution in [3.63, 3.8) is 0 Å². The van der Waals surface area contributed by atoms with Crippen molar-refractivity contribution in [2.45, 2.75) is 85.0 Å². The van der Waals surface area contributed by atoms with Crippen LogP contribution in [0.2, 0.25) is 0 Å². The van der Waals surface area contributed by atoms with E-state index in [2.05, 4.69) is 197 Å². The zero-order chi connectivity index (χ0) is 50.3. The molecule has 3 aromatic heterocycles. The van der Waals surface area contributed by atoms with E-state index >= 15 is 0 Å². The number of rotatable bonds is 9. The quantitative estimate of drug-likeness (QED) is 0.135. The molecule has 12 rings (SSSR count). The first kappa shape index (κ1) is 48.1. The van der Waals surface area contributed by atoms with E-state index < -0.39 is 5.89 Å². The minimum Gasteiger partial charge on any atom is -0.501 e. The normalized spacial score (nSPS) is 14.2. The van der Waals surface area contributed by atoms with Gasteiger partial charge in [0.05, 0.1) is 22.4 Å². The summed E-state index contributed by atoms with van der Waals surface area (Å²) in [6.45, 7) is 13.9. The summed E-state index contributed by atoms with van der Waals surface area (Å²) in [5.74, 6) is 0.807. The van der Waals surface area contributed by atoms with Crippen LogP contribution in [-0.4, -0.2) is 14.5 Å². The van der Waals surface area contributed by atoms with Crippen LogP contribution in [0.15, 0.2) is 199 Å². The van der Waals surface area contributed by atoms with Gasteiger partial charge in [-0.2, -0.15) is 0 Å². The molecule has 0 N–H and O–H groups in total. The van der Waals surface area contributed by atoms with Crippen LogP contribution in [0.3, 0.4) is 0 Å². The average Bonchev–Trinajstić information content (AvgIpc) is 4.01. The van der Waals surface area contributed by atoms with Gasteiger partial charge in [-0.15, -0.1) is 54.1 Å². The number of benzene rings is 8. The zero-order valence-electron chi connectivity index (χ0n) is 43.5. The van der Waals surface area contributed by atoms with Crippen LogP contribution < -0.4 is 0 Å². The first-order valence-electron chi connectivity index (χ1n) is 26.1. The maximum absolute atomic E-state index is 9.26. The summed E-state index contributed by atoms with van der Waals surface area (Å²) >= 11 is 0. The van der Waals surface area contributed by atoms with E-state index in [9.17, 15) is 1.37 Å². The third kappa shape index (κ3) is 10.1. The fourth-order valence-corrected chi connectivity index (χ4v) is 10.5. The first-order valence-corrected chi connectivity index (χ1v) is 25.6. The van der Waals surface area contributed by atoms with Gasteiger partial charge in [-0.25, -0.2) is 0 Å². The van der Waals surface area contributed by atoms with Crippen LogP contribution in [-0.2, 0) is 20.1 Å². The standard InChI is InChI=1S/C57H53N2O.C11H8N.Ir/c1-36(2)49-33-45(42-25-23-40(24-26-42)39-19-21-41(22-20-39)43-29-31-57(5,6)32-30-43)34-50(37(3)4)54(49)59-52-18-11-10-17-51(52)58-56(59)48-16-12-15-47-46-28-27-44(35-53(46)60-55(47)48)38-13-8-7-9-14-38;1-2-6-10(7-3-1)11-8-4-5-9-12-11;/h7-15,17-28,33-37,43H,29-32H2,1-6H3;1-6,8-9H;/q2*-1;/i43D;;. The molecule has 11 aromatic rings. The Morgan fingerprint density at radius 2 is 1.22 bits per heavy atom. The van der Waals surface area contributed by atoms with E-state index in [1.807, 2.05) is 54.6 Å². The Morgan fingerprint density at radius 1 is 0.603 bits per heavy atom. The van der Waals surface area contributed by atoms with Crippen LogP contribution in [0.25, 0.3) is 94.7 Å². The molecule has 1 radical (unpaired) electrons. The number of nitrogens with zero attached hydrogens (tertiary/aromatic N) is 3. The Morgan fingerprint density at radius 3 is 1.88 bits per heavy atom. The molecule has 4 nitrogen and oxygen atoms in total. The minimum absolute atomic E-state index is 0. The maximum Gasteiger partial charge on any atom is 0.121 e. The molecule has 5 heteroatoms. The van der Waals surface area contributed by atoms with Crippen LogP contribution in [0.4, 0.5) is 0 Å². The number of fused-ring (bicyclic) bond motifs is 4. The molecule has 73 heavy (non-hydrogen) atoms. The molecule has 0 unspecified atom stereocenters. The van der Waals surface area contributed by atoms with Gasteiger partial charge in [0, 0.05) is 38.7 Å². The molecule has 0 spiro atoms. The van der Waals surface area contributed by atoms with Gasteiger partial charge in [0.1, 0.15) is 5.58 Å². The molecule has 1 fully saturated rings. The summed E-state index contributed by atoms with van der Waals surface area (Å²) in [6, 6.07) is 72.6. The number of para-hydroxylation sites is 2. The van der Waals surface area contributed by atoms with E-state index in [4.69, 9.17) is 9.40 Å². The SMILES string of the molecule is [2H]C1(c2ccc(-c3ccc(-c4cc(C(C)C)c(-n5c(-c6[c-]ccc7c6oc6cc(-c8ccccc8)ccc67)nc6ccccc65)c(C(C)C)c4)cc3)cc2)CCC(C)(C)CC1.[Ir].[c-]1ccccc1-c1ccccn1. The number of hydrogen-bond acceptors (Lipinski definition) is 3. The minimum atomic E-state index is -0.484. The molecular formula is C68H61IrN3O-2. The predicted octanol–water partition coefficient (Wildman–Crippen LogP) is 18.9. The number of furan rings is 1. The third-order valence-corrected chi connectivity index (χ3v) is 14.7. The summed E-state index contributed by atoms with van der Waals surface area (Å²) in [5.41, 5.74) is 18.7. The van der Waals surface area contributed by atoms with Crippen LogP contribution >= 0.6 is 0 Å². The van der Waals surface area contributed by atoms with Crippen LogP contribution in [0.5, 0.6) is 0 Å². The van der Waals surface area contributed by atoms with Gasteiger partial charge in [0.15, 0.2) is 0 Å². The molecule has 0 aliphatic heterocycles. The molecule has 365 valence electrons. The Labute approximate surface area is 446 Å². The first-order chi connectivity index (χ1) is 35.4. The number of pyridine rings is 1. The second-order valence-electron chi connectivity index (χ2n) is 20.8. The van der Waals surface area contributed by atoms with Crippen molar-refractivity contribution in [2.75, 3.05) is 0 Å². The van der Waals surface area contributed by atoms with Gasteiger partial charge < -0.3 is 14.0 Å².